The Bertz CT molecular complexity index is 382. The second kappa shape index (κ2) is 6.23. The van der Waals surface area contributed by atoms with Crippen LogP contribution in [0.5, 0.6) is 0 Å². The summed E-state index contributed by atoms with van der Waals surface area (Å²) >= 11 is 0. The summed E-state index contributed by atoms with van der Waals surface area (Å²) in [5, 5.41) is 3.60. The van der Waals surface area contributed by atoms with Gasteiger partial charge in [-0.1, -0.05) is 30.3 Å². The molecule has 0 radical (unpaired) electrons. The van der Waals surface area contributed by atoms with Gasteiger partial charge in [0, 0.05) is 12.1 Å². The fourth-order valence-electron chi connectivity index (χ4n) is 2.75. The van der Waals surface area contributed by atoms with Gasteiger partial charge in [0.25, 0.3) is 0 Å². The Hall–Kier alpha value is -0.610. The van der Waals surface area contributed by atoms with Crippen molar-refractivity contribution in [2.45, 2.75) is 44.1 Å². The lowest BCUT2D eigenvalue weighted by Gasteiger charge is -2.51. The number of rotatable bonds is 3. The lowest BCUT2D eigenvalue weighted by Crippen LogP contribution is -2.65. The predicted octanol–water partition coefficient (Wildman–Crippen LogP) is 2.53. The van der Waals surface area contributed by atoms with Gasteiger partial charge in [-0.2, -0.15) is 0 Å². The summed E-state index contributed by atoms with van der Waals surface area (Å²) in [6.45, 7) is 4.63. The highest BCUT2D eigenvalue weighted by atomic mass is 35.5. The average Bonchev–Trinajstić information content (AvgIpc) is 2.37. The molecule has 106 valence electrons. The van der Waals surface area contributed by atoms with Crippen molar-refractivity contribution in [1.29, 1.82) is 0 Å². The van der Waals surface area contributed by atoms with Crippen molar-refractivity contribution in [3.8, 4) is 0 Å². The molecule has 4 heteroatoms. The van der Waals surface area contributed by atoms with Crippen molar-refractivity contribution in [3.63, 3.8) is 0 Å². The van der Waals surface area contributed by atoms with Gasteiger partial charge in [-0.15, -0.1) is 12.4 Å². The fraction of sp³-hybridized carbons (Fsp3) is 0.600. The molecule has 3 rings (SSSR count). The molecular formula is C15H22ClNO2. The van der Waals surface area contributed by atoms with Gasteiger partial charge in [-0.3, -0.25) is 0 Å². The van der Waals surface area contributed by atoms with E-state index >= 15 is 0 Å². The Balaban J connectivity index is 0.00000133. The van der Waals surface area contributed by atoms with Crippen LogP contribution < -0.4 is 5.32 Å². The first-order valence-corrected chi connectivity index (χ1v) is 6.78. The Labute approximate surface area is 121 Å². The SMILES string of the molecule is CC1CN[C@]2(CO1)C[C@H](OCc1ccccc1)C2.Cl. The van der Waals surface area contributed by atoms with Crippen molar-refractivity contribution in [2.24, 2.45) is 0 Å². The molecule has 19 heavy (non-hydrogen) atoms. The number of nitrogens with one attached hydrogen (secondary N) is 1. The Morgan fingerprint density at radius 3 is 2.68 bits per heavy atom. The fourth-order valence-corrected chi connectivity index (χ4v) is 2.75. The van der Waals surface area contributed by atoms with E-state index < -0.39 is 0 Å². The average molecular weight is 284 g/mol. The highest BCUT2D eigenvalue weighted by Gasteiger charge is 2.46. The van der Waals surface area contributed by atoms with Gasteiger partial charge < -0.3 is 14.8 Å². The summed E-state index contributed by atoms with van der Waals surface area (Å²) in [4.78, 5) is 0. The zero-order valence-electron chi connectivity index (χ0n) is 11.3. The predicted molar refractivity (Wildman–Crippen MR) is 77.6 cm³/mol. The van der Waals surface area contributed by atoms with Gasteiger partial charge in [0.1, 0.15) is 0 Å². The molecular weight excluding hydrogens is 262 g/mol. The van der Waals surface area contributed by atoms with Crippen molar-refractivity contribution in [1.82, 2.24) is 5.32 Å². The number of halogens is 1. The minimum Gasteiger partial charge on any atom is -0.375 e. The van der Waals surface area contributed by atoms with Crippen molar-refractivity contribution < 1.29 is 9.47 Å². The highest BCUT2D eigenvalue weighted by molar-refractivity contribution is 5.85. The monoisotopic (exact) mass is 283 g/mol. The van der Waals surface area contributed by atoms with E-state index in [0.29, 0.717) is 12.2 Å². The van der Waals surface area contributed by atoms with Gasteiger partial charge in [0.2, 0.25) is 0 Å². The zero-order chi connectivity index (χ0) is 12.4. The Morgan fingerprint density at radius 1 is 1.32 bits per heavy atom. The van der Waals surface area contributed by atoms with Crippen LogP contribution in [0.1, 0.15) is 25.3 Å². The molecule has 1 aromatic carbocycles. The van der Waals surface area contributed by atoms with Gasteiger partial charge in [0.15, 0.2) is 0 Å². The standard InChI is InChI=1S/C15H21NO2.ClH/c1-12-9-16-15(11-18-12)7-14(8-15)17-10-13-5-3-2-4-6-13;/h2-6,12,14,16H,7-11H2,1H3;1H/t12?,14-,15+;. The molecule has 1 aromatic rings. The first kappa shape index (κ1) is 14.8. The molecule has 2 fully saturated rings. The van der Waals surface area contributed by atoms with E-state index in [-0.39, 0.29) is 17.9 Å². The van der Waals surface area contributed by atoms with Crippen LogP contribution >= 0.6 is 12.4 Å². The van der Waals surface area contributed by atoms with Crippen LogP contribution in [-0.2, 0) is 16.1 Å². The number of hydrogen-bond donors (Lipinski definition) is 1. The molecule has 1 aliphatic heterocycles. The topological polar surface area (TPSA) is 30.5 Å². The highest BCUT2D eigenvalue weighted by Crippen LogP contribution is 2.37. The number of ether oxygens (including phenoxy) is 2. The third-order valence-electron chi connectivity index (χ3n) is 3.97. The molecule has 1 heterocycles. The quantitative estimate of drug-likeness (QED) is 0.925. The van der Waals surface area contributed by atoms with E-state index in [9.17, 15) is 0 Å². The van der Waals surface area contributed by atoms with E-state index in [1.165, 1.54) is 5.56 Å². The molecule has 1 N–H and O–H groups in total. The molecule has 2 aliphatic rings. The Kier molecular flexibility index (Phi) is 4.85. The second-order valence-electron chi connectivity index (χ2n) is 5.61. The van der Waals surface area contributed by atoms with Gasteiger partial charge in [0.05, 0.1) is 25.4 Å². The summed E-state index contributed by atoms with van der Waals surface area (Å²) in [6, 6.07) is 10.4. The summed E-state index contributed by atoms with van der Waals surface area (Å²) in [5.41, 5.74) is 1.45. The van der Waals surface area contributed by atoms with Crippen LogP contribution in [0.4, 0.5) is 0 Å². The van der Waals surface area contributed by atoms with Gasteiger partial charge >= 0.3 is 0 Å². The maximum atomic E-state index is 5.92. The van der Waals surface area contributed by atoms with Crippen molar-refractivity contribution in [2.75, 3.05) is 13.2 Å². The molecule has 1 saturated carbocycles. The molecule has 1 unspecified atom stereocenters. The summed E-state index contributed by atoms with van der Waals surface area (Å²) in [6.07, 6.45) is 2.88. The summed E-state index contributed by atoms with van der Waals surface area (Å²) in [5.74, 6) is 0. The third kappa shape index (κ3) is 3.48. The lowest BCUT2D eigenvalue weighted by molar-refractivity contribution is -0.123. The van der Waals surface area contributed by atoms with Crippen molar-refractivity contribution in [3.05, 3.63) is 35.9 Å². The first-order chi connectivity index (χ1) is 8.76. The maximum absolute atomic E-state index is 5.92. The normalized spacial score (nSPS) is 33.5. The van der Waals surface area contributed by atoms with Crippen LogP contribution in [0.2, 0.25) is 0 Å². The van der Waals surface area contributed by atoms with Crippen LogP contribution in [0, 0.1) is 0 Å². The summed E-state index contributed by atoms with van der Waals surface area (Å²) < 4.78 is 11.7. The lowest BCUT2D eigenvalue weighted by atomic mass is 9.74. The van der Waals surface area contributed by atoms with Crippen LogP contribution in [-0.4, -0.2) is 30.9 Å². The molecule has 3 nitrogen and oxygen atoms in total. The third-order valence-corrected chi connectivity index (χ3v) is 3.97. The maximum Gasteiger partial charge on any atom is 0.0720 e. The molecule has 1 atom stereocenters. The largest absolute Gasteiger partial charge is 0.375 e. The minimum atomic E-state index is 0. The molecule has 0 bridgehead atoms. The molecule has 1 spiro atoms. The van der Waals surface area contributed by atoms with Crippen LogP contribution in [0.25, 0.3) is 0 Å². The Morgan fingerprint density at radius 2 is 2.05 bits per heavy atom. The summed E-state index contributed by atoms with van der Waals surface area (Å²) in [7, 11) is 0. The first-order valence-electron chi connectivity index (χ1n) is 6.78. The van der Waals surface area contributed by atoms with Gasteiger partial charge in [-0.25, -0.2) is 0 Å². The van der Waals surface area contributed by atoms with E-state index in [1.54, 1.807) is 0 Å². The molecule has 0 amide bonds. The molecule has 1 saturated heterocycles. The van der Waals surface area contributed by atoms with Crippen LogP contribution in [0.3, 0.4) is 0 Å². The van der Waals surface area contributed by atoms with Gasteiger partial charge in [-0.05, 0) is 25.3 Å². The number of benzene rings is 1. The number of morpholine rings is 1. The zero-order valence-corrected chi connectivity index (χ0v) is 12.1. The molecule has 0 aromatic heterocycles. The number of hydrogen-bond acceptors (Lipinski definition) is 3. The van der Waals surface area contributed by atoms with E-state index in [0.717, 1.165) is 32.6 Å². The smallest absolute Gasteiger partial charge is 0.0720 e. The van der Waals surface area contributed by atoms with E-state index in [1.807, 2.05) is 6.07 Å². The minimum absolute atomic E-state index is 0. The van der Waals surface area contributed by atoms with E-state index in [2.05, 4.69) is 36.5 Å². The molecule has 1 aliphatic carbocycles. The second-order valence-corrected chi connectivity index (χ2v) is 5.61. The van der Waals surface area contributed by atoms with Crippen LogP contribution in [0.15, 0.2) is 30.3 Å². The van der Waals surface area contributed by atoms with E-state index in [4.69, 9.17) is 9.47 Å². The van der Waals surface area contributed by atoms with Crippen molar-refractivity contribution >= 4 is 12.4 Å².